The monoisotopic (exact) mass is 432 g/mol. The van der Waals surface area contributed by atoms with Crippen molar-refractivity contribution in [3.05, 3.63) is 64.2 Å². The van der Waals surface area contributed by atoms with Crippen LogP contribution in [0.1, 0.15) is 17.5 Å². The van der Waals surface area contributed by atoms with Crippen molar-refractivity contribution < 1.29 is 9.53 Å². The van der Waals surface area contributed by atoms with Crippen molar-refractivity contribution in [1.29, 1.82) is 5.26 Å². The van der Waals surface area contributed by atoms with E-state index in [2.05, 4.69) is 26.2 Å². The molecule has 164 valence electrons. The molecular weight excluding hydrogens is 408 g/mol. The number of ether oxygens (including phenoxy) is 1. The molecule has 1 aliphatic heterocycles. The summed E-state index contributed by atoms with van der Waals surface area (Å²) in [4.78, 5) is 32.6. The number of pyridine rings is 1. The Hall–Kier alpha value is -3.77. The third-order valence-corrected chi connectivity index (χ3v) is 5.61. The number of carbonyl (C=O) groups excluding carboxylic acids is 1. The van der Waals surface area contributed by atoms with Crippen molar-refractivity contribution in [3.8, 4) is 6.07 Å². The quantitative estimate of drug-likeness (QED) is 0.563. The Morgan fingerprint density at radius 1 is 1.09 bits per heavy atom. The number of benzene rings is 1. The van der Waals surface area contributed by atoms with E-state index in [0.717, 1.165) is 16.8 Å². The summed E-state index contributed by atoms with van der Waals surface area (Å²) in [6.07, 6.45) is 4.21. The predicted molar refractivity (Wildman–Crippen MR) is 119 cm³/mol. The van der Waals surface area contributed by atoms with Crippen molar-refractivity contribution in [1.82, 2.24) is 20.1 Å². The molecule has 9 heteroatoms. The number of hydrogen-bond acceptors (Lipinski definition) is 7. The summed E-state index contributed by atoms with van der Waals surface area (Å²) in [7, 11) is 0. The smallest absolute Gasteiger partial charge is 0.272 e. The van der Waals surface area contributed by atoms with Crippen LogP contribution in [0.4, 0.5) is 5.82 Å². The zero-order valence-electron chi connectivity index (χ0n) is 17.7. The molecule has 0 unspecified atom stereocenters. The zero-order valence-corrected chi connectivity index (χ0v) is 17.7. The lowest BCUT2D eigenvalue weighted by Gasteiger charge is -2.35. The first kappa shape index (κ1) is 21.5. The van der Waals surface area contributed by atoms with Gasteiger partial charge in [-0.05, 0) is 30.2 Å². The molecule has 9 nitrogen and oxygen atoms in total. The number of H-pyrrole nitrogens is 1. The lowest BCUT2D eigenvalue weighted by molar-refractivity contribution is -0.132. The second-order valence-electron chi connectivity index (χ2n) is 7.57. The van der Waals surface area contributed by atoms with Gasteiger partial charge in [-0.3, -0.25) is 9.59 Å². The van der Waals surface area contributed by atoms with Crippen LogP contribution in [0.15, 0.2) is 47.5 Å². The van der Waals surface area contributed by atoms with Gasteiger partial charge >= 0.3 is 0 Å². The first-order chi connectivity index (χ1) is 15.7. The van der Waals surface area contributed by atoms with Crippen LogP contribution < -0.4 is 10.5 Å². The van der Waals surface area contributed by atoms with Gasteiger partial charge in [0.25, 0.3) is 5.56 Å². The van der Waals surface area contributed by atoms with Gasteiger partial charge in [0.05, 0.1) is 36.8 Å². The van der Waals surface area contributed by atoms with Crippen LogP contribution in [0.3, 0.4) is 0 Å². The van der Waals surface area contributed by atoms with Crippen LogP contribution in [-0.4, -0.2) is 65.4 Å². The lowest BCUT2D eigenvalue weighted by Crippen LogP contribution is -2.49. The Morgan fingerprint density at radius 2 is 1.94 bits per heavy atom. The number of piperazine rings is 1. The third-order valence-electron chi connectivity index (χ3n) is 5.61. The van der Waals surface area contributed by atoms with Crippen LogP contribution in [-0.2, 0) is 16.0 Å². The number of carbonyl (C=O) groups is 1. The minimum Gasteiger partial charge on any atom is -0.381 e. The number of fused-ring (bicyclic) bond motifs is 1. The molecule has 1 saturated heterocycles. The molecule has 0 radical (unpaired) electrons. The van der Waals surface area contributed by atoms with Gasteiger partial charge in [0.1, 0.15) is 11.9 Å². The highest BCUT2D eigenvalue weighted by atomic mass is 16.5. The second kappa shape index (κ2) is 10.0. The van der Waals surface area contributed by atoms with Crippen molar-refractivity contribution >= 4 is 22.5 Å². The van der Waals surface area contributed by atoms with E-state index in [9.17, 15) is 9.59 Å². The zero-order chi connectivity index (χ0) is 22.3. The summed E-state index contributed by atoms with van der Waals surface area (Å²) in [6, 6.07) is 11.2. The molecule has 1 amide bonds. The van der Waals surface area contributed by atoms with Gasteiger partial charge in [-0.2, -0.15) is 10.4 Å². The molecule has 1 N–H and O–H groups in total. The molecule has 1 fully saturated rings. The van der Waals surface area contributed by atoms with E-state index in [0.29, 0.717) is 63.2 Å². The Morgan fingerprint density at radius 3 is 2.69 bits per heavy atom. The van der Waals surface area contributed by atoms with Crippen LogP contribution in [0.2, 0.25) is 0 Å². The average Bonchev–Trinajstić information content (AvgIpc) is 2.84. The maximum absolute atomic E-state index is 12.5. The molecule has 0 aliphatic carbocycles. The molecule has 0 bridgehead atoms. The Kier molecular flexibility index (Phi) is 6.72. The number of hydrogen-bond donors (Lipinski definition) is 1. The third kappa shape index (κ3) is 4.92. The first-order valence-electron chi connectivity index (χ1n) is 10.6. The normalized spacial score (nSPS) is 13.8. The minimum atomic E-state index is -0.203. The number of aromatic amines is 1. The summed E-state index contributed by atoms with van der Waals surface area (Å²) in [6.45, 7) is 3.52. The van der Waals surface area contributed by atoms with E-state index < -0.39 is 0 Å². The number of rotatable bonds is 7. The molecule has 3 aromatic rings. The highest BCUT2D eigenvalue weighted by molar-refractivity contribution is 5.83. The molecule has 32 heavy (non-hydrogen) atoms. The number of amides is 1. The highest BCUT2D eigenvalue weighted by Crippen LogP contribution is 2.16. The van der Waals surface area contributed by atoms with E-state index in [1.165, 1.54) is 0 Å². The number of anilines is 1. The summed E-state index contributed by atoms with van der Waals surface area (Å²) < 4.78 is 5.69. The highest BCUT2D eigenvalue weighted by Gasteiger charge is 2.21. The van der Waals surface area contributed by atoms with Crippen molar-refractivity contribution in [2.45, 2.75) is 12.8 Å². The number of nitriles is 1. The molecule has 2 aromatic heterocycles. The van der Waals surface area contributed by atoms with E-state index >= 15 is 0 Å². The maximum Gasteiger partial charge on any atom is 0.272 e. The summed E-state index contributed by atoms with van der Waals surface area (Å²) in [5.41, 5.74) is 1.33. The maximum atomic E-state index is 12.5. The Bertz CT molecular complexity index is 1180. The van der Waals surface area contributed by atoms with Crippen LogP contribution in [0, 0.1) is 11.3 Å². The second-order valence-corrected chi connectivity index (χ2v) is 7.57. The summed E-state index contributed by atoms with van der Waals surface area (Å²) in [5.74, 6) is 0.906. The minimum absolute atomic E-state index is 0.0818. The van der Waals surface area contributed by atoms with E-state index in [1.54, 1.807) is 24.5 Å². The van der Waals surface area contributed by atoms with Gasteiger partial charge < -0.3 is 14.5 Å². The molecule has 1 aromatic carbocycles. The van der Waals surface area contributed by atoms with Crippen molar-refractivity contribution in [2.24, 2.45) is 0 Å². The summed E-state index contributed by atoms with van der Waals surface area (Å²) in [5, 5.41) is 16.6. The molecule has 3 heterocycles. The van der Waals surface area contributed by atoms with E-state index in [-0.39, 0.29) is 11.5 Å². The molecule has 4 rings (SSSR count). The molecular formula is C23H24N6O3. The summed E-state index contributed by atoms with van der Waals surface area (Å²) >= 11 is 0. The van der Waals surface area contributed by atoms with E-state index in [4.69, 9.17) is 10.00 Å². The Balaban J connectivity index is 1.19. The van der Waals surface area contributed by atoms with Gasteiger partial charge in [-0.25, -0.2) is 10.1 Å². The van der Waals surface area contributed by atoms with Crippen LogP contribution in [0.5, 0.6) is 0 Å². The fourth-order valence-corrected chi connectivity index (χ4v) is 3.82. The van der Waals surface area contributed by atoms with Crippen molar-refractivity contribution in [2.75, 3.05) is 44.3 Å². The van der Waals surface area contributed by atoms with Gasteiger partial charge in [-0.1, -0.05) is 12.1 Å². The van der Waals surface area contributed by atoms with Gasteiger partial charge in [-0.15, -0.1) is 0 Å². The van der Waals surface area contributed by atoms with Gasteiger partial charge in [0.15, 0.2) is 0 Å². The average molecular weight is 432 g/mol. The van der Waals surface area contributed by atoms with Gasteiger partial charge in [0, 0.05) is 37.8 Å². The van der Waals surface area contributed by atoms with Crippen LogP contribution in [0.25, 0.3) is 10.8 Å². The largest absolute Gasteiger partial charge is 0.381 e. The molecule has 1 aliphatic rings. The van der Waals surface area contributed by atoms with Crippen LogP contribution >= 0.6 is 0 Å². The number of aromatic nitrogens is 3. The molecule has 0 spiro atoms. The number of nitrogens with one attached hydrogen (secondary N) is 1. The SMILES string of the molecule is N#Cc1ccc(N2CCN(C(=O)CCOCCc3cccc4c(=O)[nH]ncc34)CC2)nc1. The van der Waals surface area contributed by atoms with Crippen molar-refractivity contribution in [3.63, 3.8) is 0 Å². The first-order valence-corrected chi connectivity index (χ1v) is 10.6. The fourth-order valence-electron chi connectivity index (χ4n) is 3.82. The number of nitrogens with zero attached hydrogens (tertiary/aromatic N) is 5. The van der Waals surface area contributed by atoms with Gasteiger partial charge in [0.2, 0.25) is 5.91 Å². The topological polar surface area (TPSA) is 115 Å². The predicted octanol–water partition coefficient (Wildman–Crippen LogP) is 1.49. The standard InChI is InChI=1S/C23H24N6O3/c24-14-17-4-5-21(25-15-17)28-8-10-29(11-9-28)22(30)7-13-32-12-6-18-2-1-3-19-20(18)16-26-27-23(19)31/h1-5,15-16H,6-13H2,(H,27,31). The lowest BCUT2D eigenvalue weighted by atomic mass is 10.1. The Labute approximate surface area is 185 Å². The molecule has 0 atom stereocenters. The van der Waals surface area contributed by atoms with E-state index in [1.807, 2.05) is 23.1 Å². The fraction of sp³-hybridized carbons (Fsp3) is 0.348. The molecule has 0 saturated carbocycles.